The van der Waals surface area contributed by atoms with E-state index in [0.717, 1.165) is 15.8 Å². The summed E-state index contributed by atoms with van der Waals surface area (Å²) >= 11 is -2.13. The first-order valence-corrected chi connectivity index (χ1v) is 18.6. The SMILES string of the molecule is C=CC[C@@H]1[C@@H](c2ccccc2)[C@@H]1[Sn]([CH2]CCC)([CH2]CCC)[CH2]CCC. The third-order valence-electron chi connectivity index (χ3n) is 6.58. The number of benzene rings is 1. The average molecular weight is 447 g/mol. The van der Waals surface area contributed by atoms with Crippen molar-refractivity contribution in [1.29, 1.82) is 0 Å². The molecule has 1 aromatic carbocycles. The Morgan fingerprint density at radius 2 is 1.40 bits per heavy atom. The maximum atomic E-state index is 4.10. The van der Waals surface area contributed by atoms with Crippen LogP contribution >= 0.6 is 0 Å². The third kappa shape index (κ3) is 5.37. The summed E-state index contributed by atoms with van der Waals surface area (Å²) in [5.74, 6) is 1.78. The van der Waals surface area contributed by atoms with Gasteiger partial charge in [0.15, 0.2) is 0 Å². The van der Waals surface area contributed by atoms with Crippen LogP contribution in [0.3, 0.4) is 0 Å². The molecule has 1 aromatic rings. The van der Waals surface area contributed by atoms with Gasteiger partial charge in [-0.2, -0.15) is 0 Å². The van der Waals surface area contributed by atoms with Crippen molar-refractivity contribution in [2.75, 3.05) is 0 Å². The van der Waals surface area contributed by atoms with Gasteiger partial charge >= 0.3 is 162 Å². The molecule has 0 aliphatic heterocycles. The molecule has 2 rings (SSSR count). The molecule has 0 amide bonds. The average Bonchev–Trinajstić information content (AvgIpc) is 3.37. The van der Waals surface area contributed by atoms with Gasteiger partial charge in [0.05, 0.1) is 0 Å². The van der Waals surface area contributed by atoms with Gasteiger partial charge in [0.25, 0.3) is 0 Å². The molecule has 0 radical (unpaired) electrons. The van der Waals surface area contributed by atoms with Gasteiger partial charge < -0.3 is 0 Å². The van der Waals surface area contributed by atoms with Crippen LogP contribution in [-0.4, -0.2) is 18.4 Å². The van der Waals surface area contributed by atoms with Gasteiger partial charge in [-0.25, -0.2) is 0 Å². The molecule has 0 spiro atoms. The van der Waals surface area contributed by atoms with Crippen LogP contribution in [0.2, 0.25) is 17.2 Å². The molecule has 0 bridgehead atoms. The fourth-order valence-corrected chi connectivity index (χ4v) is 26.0. The van der Waals surface area contributed by atoms with Crippen molar-refractivity contribution in [2.24, 2.45) is 5.92 Å². The summed E-state index contributed by atoms with van der Waals surface area (Å²) in [4.78, 5) is 0. The molecular weight excluding hydrogens is 407 g/mol. The van der Waals surface area contributed by atoms with E-state index in [0.29, 0.717) is 0 Å². The zero-order chi connectivity index (χ0) is 18.1. The van der Waals surface area contributed by atoms with Crippen LogP contribution in [0, 0.1) is 5.92 Å². The molecule has 1 heteroatoms. The van der Waals surface area contributed by atoms with E-state index in [4.69, 9.17) is 0 Å². The standard InChI is InChI=1S/C12H13.3C4H9.Sn/c1-2-6-11-9-12(11)10-7-4-3-5-8-10;3*1-3-4-2;/h2-5,7-9,11-12H,1,6H2;3*1,3-4H2,2H3;/t11-,12+;;;;/m0..../s1. The monoisotopic (exact) mass is 448 g/mol. The van der Waals surface area contributed by atoms with E-state index in [1.807, 2.05) is 0 Å². The second-order valence-electron chi connectivity index (χ2n) is 8.32. The summed E-state index contributed by atoms with van der Waals surface area (Å²) < 4.78 is 6.02. The summed E-state index contributed by atoms with van der Waals surface area (Å²) in [5, 5.41) is 0. The third-order valence-corrected chi connectivity index (χ3v) is 24.4. The zero-order valence-electron chi connectivity index (χ0n) is 17.0. The van der Waals surface area contributed by atoms with Crippen LogP contribution in [-0.2, 0) is 0 Å². The first-order chi connectivity index (χ1) is 12.2. The molecule has 140 valence electrons. The van der Waals surface area contributed by atoms with Gasteiger partial charge in [-0.1, -0.05) is 0 Å². The molecule has 1 saturated carbocycles. The van der Waals surface area contributed by atoms with Gasteiger partial charge in [0, 0.05) is 0 Å². The van der Waals surface area contributed by atoms with Crippen molar-refractivity contribution < 1.29 is 0 Å². The molecule has 0 aromatic heterocycles. The fourth-order valence-electron chi connectivity index (χ4n) is 5.29. The maximum absolute atomic E-state index is 4.10. The van der Waals surface area contributed by atoms with Crippen molar-refractivity contribution in [3.63, 3.8) is 0 Å². The van der Waals surface area contributed by atoms with Crippen LogP contribution < -0.4 is 0 Å². The van der Waals surface area contributed by atoms with Crippen LogP contribution in [0.25, 0.3) is 0 Å². The van der Waals surface area contributed by atoms with Crippen molar-refractivity contribution >= 4 is 18.4 Å². The molecular formula is C24H40Sn. The van der Waals surface area contributed by atoms with Gasteiger partial charge in [-0.3, -0.25) is 0 Å². The number of hydrogen-bond donors (Lipinski definition) is 0. The van der Waals surface area contributed by atoms with E-state index in [1.54, 1.807) is 18.9 Å². The Morgan fingerprint density at radius 1 is 0.880 bits per heavy atom. The minimum atomic E-state index is -2.13. The zero-order valence-corrected chi connectivity index (χ0v) is 19.8. The van der Waals surface area contributed by atoms with Crippen molar-refractivity contribution in [3.8, 4) is 0 Å². The molecule has 3 atom stereocenters. The first kappa shape index (κ1) is 21.1. The number of hydrogen-bond acceptors (Lipinski definition) is 0. The van der Waals surface area contributed by atoms with Crippen molar-refractivity contribution in [3.05, 3.63) is 48.6 Å². The van der Waals surface area contributed by atoms with E-state index < -0.39 is 18.4 Å². The van der Waals surface area contributed by atoms with Gasteiger partial charge in [0.2, 0.25) is 0 Å². The van der Waals surface area contributed by atoms with Crippen molar-refractivity contribution in [2.45, 2.75) is 88.9 Å². The molecule has 0 heterocycles. The molecule has 1 fully saturated rings. The van der Waals surface area contributed by atoms with E-state index >= 15 is 0 Å². The van der Waals surface area contributed by atoms with Gasteiger partial charge in [-0.15, -0.1) is 0 Å². The Labute approximate surface area is 161 Å². The predicted octanol–water partition coefficient (Wildman–Crippen LogP) is 8.20. The summed E-state index contributed by atoms with van der Waals surface area (Å²) in [6.45, 7) is 11.3. The van der Waals surface area contributed by atoms with Crippen LogP contribution in [0.15, 0.2) is 43.0 Å². The number of allylic oxidation sites excluding steroid dienone is 1. The summed E-state index contributed by atoms with van der Waals surface area (Å²) in [5.41, 5.74) is 1.63. The Bertz CT molecular complexity index is 470. The Kier molecular flexibility index (Phi) is 9.10. The van der Waals surface area contributed by atoms with Gasteiger partial charge in [-0.05, 0) is 0 Å². The summed E-state index contributed by atoms with van der Waals surface area (Å²) in [6.07, 6.45) is 12.1. The van der Waals surface area contributed by atoms with E-state index in [-0.39, 0.29) is 0 Å². The molecule has 0 unspecified atom stereocenters. The summed E-state index contributed by atoms with van der Waals surface area (Å²) in [6, 6.07) is 11.5. The Hall–Kier alpha value is -0.241. The van der Waals surface area contributed by atoms with Crippen LogP contribution in [0.4, 0.5) is 0 Å². The number of unbranched alkanes of at least 4 members (excludes halogenated alkanes) is 3. The Morgan fingerprint density at radius 3 is 1.84 bits per heavy atom. The van der Waals surface area contributed by atoms with E-state index in [1.165, 1.54) is 44.9 Å². The Balaban J connectivity index is 2.29. The topological polar surface area (TPSA) is 0 Å². The summed E-state index contributed by atoms with van der Waals surface area (Å²) in [7, 11) is 0. The molecule has 0 N–H and O–H groups in total. The molecule has 0 saturated heterocycles. The number of rotatable bonds is 13. The quantitative estimate of drug-likeness (QED) is 0.211. The second-order valence-corrected chi connectivity index (χ2v) is 22.3. The molecule has 0 nitrogen and oxygen atoms in total. The van der Waals surface area contributed by atoms with E-state index in [2.05, 4.69) is 63.8 Å². The molecule has 1 aliphatic carbocycles. The van der Waals surface area contributed by atoms with Crippen molar-refractivity contribution in [1.82, 2.24) is 0 Å². The predicted molar refractivity (Wildman–Crippen MR) is 116 cm³/mol. The van der Waals surface area contributed by atoms with Crippen LogP contribution in [0.5, 0.6) is 0 Å². The second kappa shape index (κ2) is 10.8. The molecule has 1 aliphatic rings. The molecule has 25 heavy (non-hydrogen) atoms. The first-order valence-electron chi connectivity index (χ1n) is 10.9. The normalized spacial score (nSPS) is 22.8. The van der Waals surface area contributed by atoms with Crippen LogP contribution in [0.1, 0.15) is 77.2 Å². The van der Waals surface area contributed by atoms with Gasteiger partial charge in [0.1, 0.15) is 0 Å². The van der Waals surface area contributed by atoms with E-state index in [9.17, 15) is 0 Å². The fraction of sp³-hybridized carbons (Fsp3) is 0.667. The minimum absolute atomic E-state index is 0.862.